The molecule has 4 nitrogen and oxygen atoms in total. The summed E-state index contributed by atoms with van der Waals surface area (Å²) in [5, 5.41) is 4.03. The summed E-state index contributed by atoms with van der Waals surface area (Å²) in [6.07, 6.45) is -3.73. The topological polar surface area (TPSA) is 58.2 Å². The summed E-state index contributed by atoms with van der Waals surface area (Å²) in [7, 11) is 0. The van der Waals surface area contributed by atoms with Gasteiger partial charge in [-0.15, -0.1) is 0 Å². The molecule has 3 saturated carbocycles. The number of hydrogen-bond donors (Lipinski definition) is 2. The monoisotopic (exact) mass is 556 g/mol. The first-order valence-corrected chi connectivity index (χ1v) is 13.6. The number of amides is 2. The highest BCUT2D eigenvalue weighted by atomic mass is 19.4. The molecule has 0 spiro atoms. The van der Waals surface area contributed by atoms with Crippen molar-refractivity contribution in [1.29, 1.82) is 0 Å². The molecule has 0 radical (unpaired) electrons. The molecule has 4 aliphatic rings. The molecule has 1 aliphatic heterocycles. The average molecular weight is 557 g/mol. The second-order valence-electron chi connectivity index (χ2n) is 12.6. The molecule has 10 heteroatoms. The molecule has 2 amide bonds. The highest BCUT2D eigenvalue weighted by Crippen LogP contribution is 2.63. The van der Waals surface area contributed by atoms with Crippen LogP contribution < -0.4 is 10.6 Å². The molecule has 0 saturated heterocycles. The molecule has 2 N–H and O–H groups in total. The average Bonchev–Trinajstić information content (AvgIpc) is 3.23. The summed E-state index contributed by atoms with van der Waals surface area (Å²) in [4.78, 5) is 26.3. The van der Waals surface area contributed by atoms with Gasteiger partial charge < -0.3 is 10.6 Å². The summed E-state index contributed by atoms with van der Waals surface area (Å²) >= 11 is 0. The molecule has 214 valence electrons. The lowest BCUT2D eigenvalue weighted by Gasteiger charge is -2.58. The quantitative estimate of drug-likeness (QED) is 0.330. The number of carbonyl (C=O) groups excluding carboxylic acids is 2. The van der Waals surface area contributed by atoms with Crippen LogP contribution in [0.5, 0.6) is 0 Å². The van der Waals surface area contributed by atoms with Crippen LogP contribution in [-0.4, -0.2) is 30.2 Å². The van der Waals surface area contributed by atoms with E-state index in [4.69, 9.17) is 0 Å². The van der Waals surface area contributed by atoms with Crippen molar-refractivity contribution >= 4 is 11.8 Å². The Bertz CT molecular complexity index is 1180. The fourth-order valence-corrected chi connectivity index (χ4v) is 8.34. The third-order valence-corrected chi connectivity index (χ3v) is 10.4. The molecule has 1 aromatic carbocycles. The van der Waals surface area contributed by atoms with Crippen LogP contribution in [0.25, 0.3) is 0 Å². The summed E-state index contributed by atoms with van der Waals surface area (Å²) in [6.45, 7) is 5.72. The van der Waals surface area contributed by atoms with Crippen molar-refractivity contribution < 1.29 is 35.9 Å². The maximum atomic E-state index is 14.4. The molecular weight excluding hydrogens is 522 g/mol. The van der Waals surface area contributed by atoms with E-state index in [1.807, 2.05) is 6.92 Å². The highest BCUT2D eigenvalue weighted by molar-refractivity contribution is 6.19. The molecule has 6 atom stereocenters. The van der Waals surface area contributed by atoms with E-state index in [0.29, 0.717) is 36.0 Å². The van der Waals surface area contributed by atoms with Gasteiger partial charge in [0.15, 0.2) is 0 Å². The molecule has 1 heterocycles. The van der Waals surface area contributed by atoms with Crippen molar-refractivity contribution in [3.63, 3.8) is 0 Å². The van der Waals surface area contributed by atoms with Crippen molar-refractivity contribution in [3.05, 3.63) is 47.0 Å². The largest absolute Gasteiger partial charge is 0.424 e. The van der Waals surface area contributed by atoms with Crippen molar-refractivity contribution in [2.24, 2.45) is 28.6 Å². The van der Waals surface area contributed by atoms with Crippen molar-refractivity contribution in [3.8, 4) is 0 Å². The Hall–Kier alpha value is -2.52. The van der Waals surface area contributed by atoms with E-state index in [9.17, 15) is 35.9 Å². The van der Waals surface area contributed by atoms with Gasteiger partial charge >= 0.3 is 12.4 Å². The summed E-state index contributed by atoms with van der Waals surface area (Å²) in [5.41, 5.74) is -6.62. The van der Waals surface area contributed by atoms with E-state index in [0.717, 1.165) is 50.7 Å². The lowest BCUT2D eigenvalue weighted by molar-refractivity contribution is -0.311. The Labute approximate surface area is 224 Å². The molecule has 1 unspecified atom stereocenters. The lowest BCUT2D eigenvalue weighted by atomic mass is 9.48. The van der Waals surface area contributed by atoms with Crippen LogP contribution in [0.1, 0.15) is 69.9 Å². The Balaban J connectivity index is 1.54. The van der Waals surface area contributed by atoms with Gasteiger partial charge in [0.2, 0.25) is 0 Å². The van der Waals surface area contributed by atoms with Gasteiger partial charge in [0.05, 0.1) is 0 Å². The lowest BCUT2D eigenvalue weighted by Crippen LogP contribution is -2.66. The molecule has 0 bridgehead atoms. The molecule has 3 fully saturated rings. The predicted molar refractivity (Wildman–Crippen MR) is 132 cm³/mol. The van der Waals surface area contributed by atoms with Crippen LogP contribution in [0.3, 0.4) is 0 Å². The van der Waals surface area contributed by atoms with Gasteiger partial charge in [-0.25, -0.2) is 0 Å². The van der Waals surface area contributed by atoms with Crippen LogP contribution in [-0.2, 0) is 15.1 Å². The van der Waals surface area contributed by atoms with Crippen LogP contribution in [0, 0.1) is 35.5 Å². The van der Waals surface area contributed by atoms with Gasteiger partial charge in [-0.2, -0.15) is 26.3 Å². The predicted octanol–water partition coefficient (Wildman–Crippen LogP) is 6.49. The number of rotatable bonds is 3. The number of aryl methyl sites for hydroxylation is 1. The standard InChI is InChI=1S/C29H34F6N2O2/c1-16-6-8-17(9-7-16)27(28(30,31)32,29(33,34)35)37-24(39)19-15-26(3)21-12-14-25(2)13-4-5-20(25)18(21)10-11-22(26)36-23(19)38/h6-9,15,18,20-22H,4-5,10-14H2,1-3H3,(H,36,38)(H,37,39)/t18-,20-,21+,22?,25-,26+/m0/s1. The Morgan fingerprint density at radius 2 is 1.56 bits per heavy atom. The molecule has 5 rings (SSSR count). The first-order chi connectivity index (χ1) is 18.0. The van der Waals surface area contributed by atoms with E-state index in [2.05, 4.69) is 12.2 Å². The maximum absolute atomic E-state index is 14.4. The second-order valence-corrected chi connectivity index (χ2v) is 12.6. The fraction of sp³-hybridized carbons (Fsp3) is 0.655. The number of hydrogen-bond acceptors (Lipinski definition) is 2. The van der Waals surface area contributed by atoms with Gasteiger partial charge in [0, 0.05) is 11.5 Å². The Morgan fingerprint density at radius 3 is 2.18 bits per heavy atom. The molecule has 3 aliphatic carbocycles. The van der Waals surface area contributed by atoms with Gasteiger partial charge in [-0.3, -0.25) is 9.59 Å². The number of halogens is 6. The number of fused-ring (bicyclic) bond motifs is 5. The van der Waals surface area contributed by atoms with Gasteiger partial charge in [-0.05, 0) is 74.2 Å². The first-order valence-electron chi connectivity index (χ1n) is 13.6. The number of alkyl halides is 6. The zero-order chi connectivity index (χ0) is 28.6. The van der Waals surface area contributed by atoms with Crippen molar-refractivity contribution in [2.75, 3.05) is 0 Å². The zero-order valence-electron chi connectivity index (χ0n) is 22.2. The molecule has 1 aromatic rings. The summed E-state index contributed by atoms with van der Waals surface area (Å²) in [5.74, 6) is -1.74. The van der Waals surface area contributed by atoms with Crippen LogP contribution in [0.4, 0.5) is 26.3 Å². The highest BCUT2D eigenvalue weighted by Gasteiger charge is 2.73. The van der Waals surface area contributed by atoms with Crippen molar-refractivity contribution in [2.45, 2.75) is 89.7 Å². The number of carbonyl (C=O) groups is 2. The minimum absolute atomic E-state index is 0.0721. The van der Waals surface area contributed by atoms with Gasteiger partial charge in [0.25, 0.3) is 17.4 Å². The van der Waals surface area contributed by atoms with E-state index in [1.54, 1.807) is 0 Å². The Morgan fingerprint density at radius 1 is 0.923 bits per heavy atom. The second kappa shape index (κ2) is 8.99. The SMILES string of the molecule is Cc1ccc(C(NC(=O)C2=C[C@@]3(C)C(CC[C@@H]4[C@H]3CC[C@]3(C)CCC[C@@H]43)NC2=O)(C(F)(F)F)C(F)(F)F)cc1. The fourth-order valence-electron chi connectivity index (χ4n) is 8.34. The molecule has 0 aromatic heterocycles. The maximum Gasteiger partial charge on any atom is 0.424 e. The van der Waals surface area contributed by atoms with Crippen molar-refractivity contribution in [1.82, 2.24) is 10.6 Å². The first kappa shape index (κ1) is 28.0. The van der Waals surface area contributed by atoms with E-state index in [1.165, 1.54) is 18.3 Å². The molecule has 39 heavy (non-hydrogen) atoms. The van der Waals surface area contributed by atoms with Gasteiger partial charge in [-0.1, -0.05) is 56.2 Å². The zero-order valence-corrected chi connectivity index (χ0v) is 22.2. The van der Waals surface area contributed by atoms with E-state index >= 15 is 0 Å². The third kappa shape index (κ3) is 4.19. The number of nitrogens with one attached hydrogen (secondary N) is 2. The minimum Gasteiger partial charge on any atom is -0.348 e. The minimum atomic E-state index is -5.93. The van der Waals surface area contributed by atoms with Crippen LogP contribution in [0.15, 0.2) is 35.9 Å². The van der Waals surface area contributed by atoms with Crippen LogP contribution in [0.2, 0.25) is 0 Å². The summed E-state index contributed by atoms with van der Waals surface area (Å²) < 4.78 is 86.1. The normalized spacial score (nSPS) is 34.8. The Kier molecular flexibility index (Phi) is 6.46. The smallest absolute Gasteiger partial charge is 0.348 e. The van der Waals surface area contributed by atoms with E-state index in [-0.39, 0.29) is 17.4 Å². The third-order valence-electron chi connectivity index (χ3n) is 10.4. The number of benzene rings is 1. The summed E-state index contributed by atoms with van der Waals surface area (Å²) in [6, 6.07) is 3.31. The molecular formula is C29H34F6N2O2. The van der Waals surface area contributed by atoms with Crippen LogP contribution >= 0.6 is 0 Å². The van der Waals surface area contributed by atoms with Gasteiger partial charge in [0.1, 0.15) is 5.57 Å². The van der Waals surface area contributed by atoms with E-state index < -0.39 is 46.3 Å².